The number of rotatable bonds is 6. The van der Waals surface area contributed by atoms with E-state index in [1.807, 2.05) is 0 Å². The number of carbonyl (C=O) groups is 1. The van der Waals surface area contributed by atoms with Crippen LogP contribution >= 0.6 is 0 Å². The average molecular weight is 289 g/mol. The van der Waals surface area contributed by atoms with Gasteiger partial charge >= 0.3 is 5.97 Å². The van der Waals surface area contributed by atoms with Crippen LogP contribution in [0.4, 0.5) is 5.69 Å². The van der Waals surface area contributed by atoms with E-state index < -0.39 is 4.92 Å². The van der Waals surface area contributed by atoms with Crippen molar-refractivity contribution in [2.45, 2.75) is 12.8 Å². The first-order chi connectivity index (χ1) is 10.1. The molecule has 0 amide bonds. The van der Waals surface area contributed by atoms with Crippen LogP contribution in [0.2, 0.25) is 0 Å². The minimum absolute atomic E-state index is 0.0486. The Hall–Kier alpha value is -2.63. The summed E-state index contributed by atoms with van der Waals surface area (Å²) in [5, 5.41) is 12.2. The summed E-state index contributed by atoms with van der Waals surface area (Å²) in [4.78, 5) is 21.6. The molecule has 0 atom stereocenters. The third kappa shape index (κ3) is 3.47. The molecule has 0 bridgehead atoms. The van der Waals surface area contributed by atoms with Crippen molar-refractivity contribution in [3.05, 3.63) is 46.5 Å². The number of hydrogen-bond donors (Lipinski definition) is 0. The Bertz CT molecular complexity index is 668. The lowest BCUT2D eigenvalue weighted by Gasteiger charge is -2.09. The number of non-ortho nitro benzene ring substituents is 1. The molecule has 0 aliphatic rings. The van der Waals surface area contributed by atoms with E-state index in [2.05, 4.69) is 4.74 Å². The molecule has 110 valence electrons. The second-order valence-corrected chi connectivity index (χ2v) is 4.41. The van der Waals surface area contributed by atoms with Gasteiger partial charge < -0.3 is 9.47 Å². The second kappa shape index (κ2) is 6.69. The largest absolute Gasteiger partial charge is 0.493 e. The van der Waals surface area contributed by atoms with Crippen LogP contribution in [-0.4, -0.2) is 24.6 Å². The standard InChI is InChI=1S/C15H15NO5/c1-20-15(17)7-4-10-21-14-9-8-13(16(18)19)11-5-2-3-6-12(11)14/h2-3,5-6,8-9H,4,7,10H2,1H3. The Morgan fingerprint density at radius 2 is 1.90 bits per heavy atom. The molecule has 0 aliphatic heterocycles. The molecule has 0 aliphatic carbocycles. The quantitative estimate of drug-likeness (QED) is 0.353. The van der Waals surface area contributed by atoms with Crippen LogP contribution in [0.25, 0.3) is 10.8 Å². The molecular formula is C15H15NO5. The maximum absolute atomic E-state index is 11.0. The van der Waals surface area contributed by atoms with Crippen LogP contribution in [0.1, 0.15) is 12.8 Å². The number of nitro benzene ring substituents is 1. The Balaban J connectivity index is 2.16. The molecule has 2 aromatic carbocycles. The lowest BCUT2D eigenvalue weighted by atomic mass is 10.1. The first-order valence-corrected chi connectivity index (χ1v) is 6.49. The van der Waals surface area contributed by atoms with Crippen molar-refractivity contribution in [2.24, 2.45) is 0 Å². The number of nitrogens with zero attached hydrogens (tertiary/aromatic N) is 1. The van der Waals surface area contributed by atoms with Crippen LogP contribution in [0.3, 0.4) is 0 Å². The topological polar surface area (TPSA) is 78.7 Å². The predicted molar refractivity (Wildman–Crippen MR) is 77.3 cm³/mol. The van der Waals surface area contributed by atoms with Crippen molar-refractivity contribution in [1.82, 2.24) is 0 Å². The predicted octanol–water partition coefficient (Wildman–Crippen LogP) is 3.08. The highest BCUT2D eigenvalue weighted by atomic mass is 16.6. The number of fused-ring (bicyclic) bond motifs is 1. The van der Waals surface area contributed by atoms with Gasteiger partial charge in [-0.3, -0.25) is 14.9 Å². The molecule has 0 saturated heterocycles. The molecule has 6 heteroatoms. The van der Waals surface area contributed by atoms with Crippen LogP contribution in [-0.2, 0) is 9.53 Å². The Labute approximate surface area is 121 Å². The maximum Gasteiger partial charge on any atom is 0.305 e. The summed E-state index contributed by atoms with van der Waals surface area (Å²) >= 11 is 0. The lowest BCUT2D eigenvalue weighted by Crippen LogP contribution is -2.04. The molecule has 0 heterocycles. The monoisotopic (exact) mass is 289 g/mol. The van der Waals surface area contributed by atoms with E-state index >= 15 is 0 Å². The van der Waals surface area contributed by atoms with Gasteiger partial charge in [0, 0.05) is 17.9 Å². The summed E-state index contributed by atoms with van der Waals surface area (Å²) < 4.78 is 10.2. The molecule has 0 aromatic heterocycles. The molecule has 0 radical (unpaired) electrons. The highest BCUT2D eigenvalue weighted by molar-refractivity contribution is 5.95. The van der Waals surface area contributed by atoms with Crippen molar-refractivity contribution < 1.29 is 19.2 Å². The maximum atomic E-state index is 11.0. The van der Waals surface area contributed by atoms with Crippen LogP contribution in [0.5, 0.6) is 5.75 Å². The first-order valence-electron chi connectivity index (χ1n) is 6.49. The van der Waals surface area contributed by atoms with Gasteiger partial charge in [0.1, 0.15) is 5.75 Å². The summed E-state index contributed by atoms with van der Waals surface area (Å²) in [6.45, 7) is 0.344. The van der Waals surface area contributed by atoms with Gasteiger partial charge in [-0.2, -0.15) is 0 Å². The molecule has 0 unspecified atom stereocenters. The highest BCUT2D eigenvalue weighted by Crippen LogP contribution is 2.32. The Kier molecular flexibility index (Phi) is 4.71. The number of carbonyl (C=O) groups excluding carboxylic acids is 1. The molecule has 21 heavy (non-hydrogen) atoms. The van der Waals surface area contributed by atoms with E-state index in [-0.39, 0.29) is 18.1 Å². The van der Waals surface area contributed by atoms with E-state index in [9.17, 15) is 14.9 Å². The van der Waals surface area contributed by atoms with Crippen LogP contribution in [0, 0.1) is 10.1 Å². The minimum Gasteiger partial charge on any atom is -0.493 e. The summed E-state index contributed by atoms with van der Waals surface area (Å²) in [6, 6.07) is 10.0. The number of ether oxygens (including phenoxy) is 2. The molecule has 2 rings (SSSR count). The first kappa shape index (κ1) is 14.8. The number of hydrogen-bond acceptors (Lipinski definition) is 5. The third-order valence-corrected chi connectivity index (χ3v) is 3.07. The highest BCUT2D eigenvalue weighted by Gasteiger charge is 2.14. The van der Waals surface area contributed by atoms with Crippen molar-refractivity contribution in [1.29, 1.82) is 0 Å². The molecule has 2 aromatic rings. The van der Waals surface area contributed by atoms with Gasteiger partial charge in [0.15, 0.2) is 0 Å². The summed E-state index contributed by atoms with van der Waals surface area (Å²) in [5.41, 5.74) is 0.0486. The average Bonchev–Trinajstić information content (AvgIpc) is 2.50. The van der Waals surface area contributed by atoms with Crippen LogP contribution in [0.15, 0.2) is 36.4 Å². The fourth-order valence-electron chi connectivity index (χ4n) is 2.04. The van der Waals surface area contributed by atoms with Crippen LogP contribution < -0.4 is 4.74 Å². The van der Waals surface area contributed by atoms with Crippen molar-refractivity contribution >= 4 is 22.4 Å². The summed E-state index contributed by atoms with van der Waals surface area (Å²) in [5.74, 6) is 0.285. The van der Waals surface area contributed by atoms with Gasteiger partial charge in [0.2, 0.25) is 0 Å². The second-order valence-electron chi connectivity index (χ2n) is 4.41. The van der Waals surface area contributed by atoms with Crippen molar-refractivity contribution in [3.63, 3.8) is 0 Å². The molecule has 0 N–H and O–H groups in total. The zero-order valence-electron chi connectivity index (χ0n) is 11.6. The van der Waals surface area contributed by atoms with Crippen molar-refractivity contribution in [3.8, 4) is 5.75 Å². The van der Waals surface area contributed by atoms with E-state index in [0.717, 1.165) is 0 Å². The van der Waals surface area contributed by atoms with Gasteiger partial charge in [-0.05, 0) is 18.6 Å². The van der Waals surface area contributed by atoms with E-state index in [1.165, 1.54) is 13.2 Å². The normalized spacial score (nSPS) is 10.3. The van der Waals surface area contributed by atoms with Gasteiger partial charge in [0.05, 0.1) is 24.0 Å². The molecule has 0 fully saturated rings. The van der Waals surface area contributed by atoms with E-state index in [4.69, 9.17) is 4.74 Å². The number of nitro groups is 1. The molecule has 0 saturated carbocycles. The van der Waals surface area contributed by atoms with E-state index in [0.29, 0.717) is 29.5 Å². The van der Waals surface area contributed by atoms with Gasteiger partial charge in [0.25, 0.3) is 5.69 Å². The zero-order chi connectivity index (χ0) is 15.2. The Morgan fingerprint density at radius 3 is 2.57 bits per heavy atom. The van der Waals surface area contributed by atoms with Gasteiger partial charge in [-0.1, -0.05) is 18.2 Å². The smallest absolute Gasteiger partial charge is 0.305 e. The fourth-order valence-corrected chi connectivity index (χ4v) is 2.04. The minimum atomic E-state index is -0.413. The van der Waals surface area contributed by atoms with Gasteiger partial charge in [-0.25, -0.2) is 0 Å². The molecule has 6 nitrogen and oxygen atoms in total. The van der Waals surface area contributed by atoms with Gasteiger partial charge in [-0.15, -0.1) is 0 Å². The summed E-state index contributed by atoms with van der Waals surface area (Å²) in [7, 11) is 1.34. The van der Waals surface area contributed by atoms with E-state index in [1.54, 1.807) is 30.3 Å². The number of benzene rings is 2. The molecule has 0 spiro atoms. The zero-order valence-corrected chi connectivity index (χ0v) is 11.6. The summed E-state index contributed by atoms with van der Waals surface area (Å²) in [6.07, 6.45) is 0.805. The molecular weight excluding hydrogens is 274 g/mol. The number of esters is 1. The Morgan fingerprint density at radius 1 is 1.19 bits per heavy atom. The SMILES string of the molecule is COC(=O)CCCOc1ccc([N+](=O)[O-])c2ccccc12. The third-order valence-electron chi connectivity index (χ3n) is 3.07. The fraction of sp³-hybridized carbons (Fsp3) is 0.267. The number of methoxy groups -OCH3 is 1. The van der Waals surface area contributed by atoms with Crippen molar-refractivity contribution in [2.75, 3.05) is 13.7 Å². The lowest BCUT2D eigenvalue weighted by molar-refractivity contribution is -0.383.